The standard InChI is InChI=1S/C19H19ClN6O2/c20-15-7-4-8-16(18(15)25-9-11-28-12-10-25)21-17(27)13-26-23-19(22-24-26)14-5-2-1-3-6-14/h1-8H,9-13H2,(H,21,27). The predicted molar refractivity (Wildman–Crippen MR) is 106 cm³/mol. The van der Waals surface area contributed by atoms with E-state index < -0.39 is 0 Å². The Balaban J connectivity index is 1.47. The summed E-state index contributed by atoms with van der Waals surface area (Å²) in [7, 11) is 0. The van der Waals surface area contributed by atoms with Gasteiger partial charge in [0.25, 0.3) is 0 Å². The minimum absolute atomic E-state index is 0.0467. The smallest absolute Gasteiger partial charge is 0.248 e. The van der Waals surface area contributed by atoms with Crippen LogP contribution in [0.5, 0.6) is 0 Å². The normalized spacial score (nSPS) is 14.1. The second-order valence-corrected chi connectivity index (χ2v) is 6.70. The monoisotopic (exact) mass is 398 g/mol. The maximum atomic E-state index is 12.5. The number of hydrogen-bond acceptors (Lipinski definition) is 6. The van der Waals surface area contributed by atoms with Crippen LogP contribution in [0.1, 0.15) is 0 Å². The molecule has 0 bridgehead atoms. The molecule has 0 unspecified atom stereocenters. The van der Waals surface area contributed by atoms with Crippen molar-refractivity contribution in [3.63, 3.8) is 0 Å². The van der Waals surface area contributed by atoms with Crippen molar-refractivity contribution in [3.05, 3.63) is 53.6 Å². The zero-order valence-corrected chi connectivity index (χ0v) is 15.8. The first kappa shape index (κ1) is 18.4. The number of aromatic nitrogens is 4. The molecule has 3 aromatic rings. The van der Waals surface area contributed by atoms with Gasteiger partial charge in [0, 0.05) is 18.7 Å². The van der Waals surface area contributed by atoms with Crippen LogP contribution < -0.4 is 10.2 Å². The van der Waals surface area contributed by atoms with Gasteiger partial charge in [-0.3, -0.25) is 4.79 Å². The molecule has 0 aliphatic carbocycles. The molecule has 4 rings (SSSR count). The maximum Gasteiger partial charge on any atom is 0.248 e. The van der Waals surface area contributed by atoms with Crippen LogP contribution in [-0.4, -0.2) is 52.4 Å². The summed E-state index contributed by atoms with van der Waals surface area (Å²) >= 11 is 6.40. The van der Waals surface area contributed by atoms with Crippen molar-refractivity contribution in [1.29, 1.82) is 0 Å². The lowest BCUT2D eigenvalue weighted by atomic mass is 10.2. The zero-order valence-electron chi connectivity index (χ0n) is 15.1. The fraction of sp³-hybridized carbons (Fsp3) is 0.263. The van der Waals surface area contributed by atoms with E-state index in [9.17, 15) is 4.79 Å². The van der Waals surface area contributed by atoms with E-state index >= 15 is 0 Å². The summed E-state index contributed by atoms with van der Waals surface area (Å²) in [6, 6.07) is 14.9. The third-order valence-corrected chi connectivity index (χ3v) is 4.66. The first-order chi connectivity index (χ1) is 13.7. The number of ether oxygens (including phenoxy) is 1. The SMILES string of the molecule is O=C(Cn1nnc(-c2ccccc2)n1)Nc1cccc(Cl)c1N1CCOCC1. The molecule has 0 atom stereocenters. The van der Waals surface area contributed by atoms with Gasteiger partial charge in [0.15, 0.2) is 0 Å². The molecule has 1 aliphatic rings. The number of anilines is 2. The average molecular weight is 399 g/mol. The number of nitrogens with one attached hydrogen (secondary N) is 1. The lowest BCUT2D eigenvalue weighted by Crippen LogP contribution is -2.37. The summed E-state index contributed by atoms with van der Waals surface area (Å²) in [5.41, 5.74) is 2.30. The van der Waals surface area contributed by atoms with Crippen molar-refractivity contribution in [2.24, 2.45) is 0 Å². The van der Waals surface area contributed by atoms with E-state index in [1.165, 1.54) is 4.80 Å². The second-order valence-electron chi connectivity index (χ2n) is 6.29. The highest BCUT2D eigenvalue weighted by molar-refractivity contribution is 6.34. The predicted octanol–water partition coefficient (Wildman–Crippen LogP) is 2.47. The molecule has 1 fully saturated rings. The Morgan fingerprint density at radius 1 is 1.11 bits per heavy atom. The van der Waals surface area contributed by atoms with Crippen LogP contribution in [0.15, 0.2) is 48.5 Å². The summed E-state index contributed by atoms with van der Waals surface area (Å²) in [5, 5.41) is 15.7. The van der Waals surface area contributed by atoms with Gasteiger partial charge in [-0.05, 0) is 17.3 Å². The fourth-order valence-electron chi connectivity index (χ4n) is 3.06. The van der Waals surface area contributed by atoms with Crippen LogP contribution in [0.4, 0.5) is 11.4 Å². The summed E-state index contributed by atoms with van der Waals surface area (Å²) in [6.07, 6.45) is 0. The number of carbonyl (C=O) groups excluding carboxylic acids is 1. The molecule has 9 heteroatoms. The molecule has 1 saturated heterocycles. The molecule has 0 spiro atoms. The van der Waals surface area contributed by atoms with Crippen LogP contribution >= 0.6 is 11.6 Å². The average Bonchev–Trinajstić information content (AvgIpc) is 3.18. The van der Waals surface area contributed by atoms with Gasteiger partial charge in [0.05, 0.1) is 29.6 Å². The number of tetrazole rings is 1. The molecule has 28 heavy (non-hydrogen) atoms. The first-order valence-corrected chi connectivity index (χ1v) is 9.33. The molecule has 8 nitrogen and oxygen atoms in total. The van der Waals surface area contributed by atoms with Gasteiger partial charge >= 0.3 is 0 Å². The van der Waals surface area contributed by atoms with E-state index in [1.54, 1.807) is 0 Å². The molecule has 2 heterocycles. The van der Waals surface area contributed by atoms with Crippen molar-refractivity contribution in [3.8, 4) is 11.4 Å². The Hall–Kier alpha value is -2.97. The highest BCUT2D eigenvalue weighted by Gasteiger charge is 2.19. The summed E-state index contributed by atoms with van der Waals surface area (Å²) in [5.74, 6) is 0.221. The van der Waals surface area contributed by atoms with E-state index in [-0.39, 0.29) is 12.5 Å². The molecule has 1 amide bonds. The van der Waals surface area contributed by atoms with E-state index in [2.05, 4.69) is 25.6 Å². The lowest BCUT2D eigenvalue weighted by molar-refractivity contribution is -0.117. The fourth-order valence-corrected chi connectivity index (χ4v) is 3.35. The van der Waals surface area contributed by atoms with E-state index in [0.717, 1.165) is 24.3 Å². The highest BCUT2D eigenvalue weighted by Crippen LogP contribution is 2.34. The van der Waals surface area contributed by atoms with E-state index in [1.807, 2.05) is 48.5 Å². The number of rotatable bonds is 5. The Morgan fingerprint density at radius 2 is 1.89 bits per heavy atom. The number of morpholine rings is 1. The largest absolute Gasteiger partial charge is 0.378 e. The maximum absolute atomic E-state index is 12.5. The number of carbonyl (C=O) groups is 1. The zero-order chi connectivity index (χ0) is 19.3. The minimum Gasteiger partial charge on any atom is -0.378 e. The van der Waals surface area contributed by atoms with E-state index in [0.29, 0.717) is 29.7 Å². The Kier molecular flexibility index (Phi) is 5.50. The van der Waals surface area contributed by atoms with Crippen LogP contribution in [0.25, 0.3) is 11.4 Å². The second kappa shape index (κ2) is 8.37. The van der Waals surface area contributed by atoms with Gasteiger partial charge in [0.1, 0.15) is 6.54 Å². The van der Waals surface area contributed by atoms with Crippen LogP contribution in [0.3, 0.4) is 0 Å². The molecule has 144 valence electrons. The van der Waals surface area contributed by atoms with Gasteiger partial charge in [-0.2, -0.15) is 4.80 Å². The number of benzene rings is 2. The van der Waals surface area contributed by atoms with Crippen molar-refractivity contribution in [2.75, 3.05) is 36.5 Å². The quantitative estimate of drug-likeness (QED) is 0.710. The molecular weight excluding hydrogens is 380 g/mol. The number of hydrogen-bond donors (Lipinski definition) is 1. The molecule has 1 aromatic heterocycles. The Bertz CT molecular complexity index is 956. The van der Waals surface area contributed by atoms with Crippen LogP contribution in [0, 0.1) is 0 Å². The van der Waals surface area contributed by atoms with Gasteiger partial charge in [-0.15, -0.1) is 10.2 Å². The molecule has 0 radical (unpaired) electrons. The van der Waals surface area contributed by atoms with Gasteiger partial charge < -0.3 is 15.0 Å². The Labute approximate surface area is 167 Å². The number of amides is 1. The summed E-state index contributed by atoms with van der Waals surface area (Å²) in [4.78, 5) is 15.9. The van der Waals surface area contributed by atoms with Crippen molar-refractivity contribution >= 4 is 28.9 Å². The van der Waals surface area contributed by atoms with Gasteiger partial charge in [-0.25, -0.2) is 0 Å². The van der Waals surface area contributed by atoms with Crippen molar-refractivity contribution in [2.45, 2.75) is 6.54 Å². The minimum atomic E-state index is -0.256. The molecule has 2 aromatic carbocycles. The van der Waals surface area contributed by atoms with Crippen molar-refractivity contribution < 1.29 is 9.53 Å². The number of halogens is 1. The first-order valence-electron chi connectivity index (χ1n) is 8.95. The van der Waals surface area contributed by atoms with Crippen LogP contribution in [0.2, 0.25) is 5.02 Å². The Morgan fingerprint density at radius 3 is 2.68 bits per heavy atom. The van der Waals surface area contributed by atoms with E-state index in [4.69, 9.17) is 16.3 Å². The number of nitrogens with zero attached hydrogens (tertiary/aromatic N) is 5. The molecule has 1 N–H and O–H groups in total. The topological polar surface area (TPSA) is 85.2 Å². The third-order valence-electron chi connectivity index (χ3n) is 4.36. The van der Waals surface area contributed by atoms with Gasteiger partial charge in [0.2, 0.25) is 11.7 Å². The summed E-state index contributed by atoms with van der Waals surface area (Å²) in [6.45, 7) is 2.65. The summed E-state index contributed by atoms with van der Waals surface area (Å²) < 4.78 is 5.40. The lowest BCUT2D eigenvalue weighted by Gasteiger charge is -2.31. The highest BCUT2D eigenvalue weighted by atomic mass is 35.5. The van der Waals surface area contributed by atoms with Crippen LogP contribution in [-0.2, 0) is 16.1 Å². The van der Waals surface area contributed by atoms with Gasteiger partial charge in [-0.1, -0.05) is 48.0 Å². The number of para-hydroxylation sites is 1. The third kappa shape index (κ3) is 4.13. The van der Waals surface area contributed by atoms with Crippen molar-refractivity contribution in [1.82, 2.24) is 20.2 Å². The molecule has 0 saturated carbocycles. The molecular formula is C19H19ClN6O2. The molecule has 1 aliphatic heterocycles.